The van der Waals surface area contributed by atoms with Crippen LogP contribution in [0.4, 0.5) is 0 Å². The van der Waals surface area contributed by atoms with Crippen molar-refractivity contribution < 1.29 is 9.47 Å². The molecular formula is C10H15NO2. The molecule has 1 atom stereocenters. The zero-order valence-corrected chi connectivity index (χ0v) is 8.28. The molecular weight excluding hydrogens is 166 g/mol. The monoisotopic (exact) mass is 181 g/mol. The van der Waals surface area contributed by atoms with E-state index in [9.17, 15) is 0 Å². The molecule has 1 aromatic heterocycles. The van der Waals surface area contributed by atoms with Crippen molar-refractivity contribution in [1.29, 1.82) is 0 Å². The van der Waals surface area contributed by atoms with Crippen LogP contribution in [0.2, 0.25) is 0 Å². The van der Waals surface area contributed by atoms with Crippen molar-refractivity contribution in [3.05, 3.63) is 23.9 Å². The zero-order chi connectivity index (χ0) is 9.68. The van der Waals surface area contributed by atoms with Crippen molar-refractivity contribution >= 4 is 0 Å². The summed E-state index contributed by atoms with van der Waals surface area (Å²) in [6.07, 6.45) is 0.0994. The summed E-state index contributed by atoms with van der Waals surface area (Å²) in [7, 11) is 1.66. The Morgan fingerprint density at radius 2 is 2.23 bits per heavy atom. The lowest BCUT2D eigenvalue weighted by Crippen LogP contribution is -2.16. The first-order valence-electron chi connectivity index (χ1n) is 4.31. The highest BCUT2D eigenvalue weighted by molar-refractivity contribution is 5.14. The topological polar surface area (TPSA) is 31.4 Å². The molecule has 1 aromatic rings. The number of aryl methyl sites for hydroxylation is 1. The van der Waals surface area contributed by atoms with Crippen LogP contribution >= 0.6 is 0 Å². The molecule has 72 valence electrons. The lowest BCUT2D eigenvalue weighted by Gasteiger charge is -2.10. The molecule has 0 bridgehead atoms. The molecule has 1 heterocycles. The maximum Gasteiger partial charge on any atom is 0.213 e. The number of methoxy groups -OCH3 is 1. The summed E-state index contributed by atoms with van der Waals surface area (Å²) in [5.74, 6) is 0.656. The van der Waals surface area contributed by atoms with Crippen molar-refractivity contribution in [3.8, 4) is 5.88 Å². The van der Waals surface area contributed by atoms with E-state index in [1.54, 1.807) is 7.11 Å². The van der Waals surface area contributed by atoms with Crippen LogP contribution < -0.4 is 4.74 Å². The van der Waals surface area contributed by atoms with E-state index in [2.05, 4.69) is 4.98 Å². The summed E-state index contributed by atoms with van der Waals surface area (Å²) < 4.78 is 10.5. The number of pyridine rings is 1. The third kappa shape index (κ3) is 3.42. The summed E-state index contributed by atoms with van der Waals surface area (Å²) in [5.41, 5.74) is 0.961. The number of ether oxygens (including phenoxy) is 2. The summed E-state index contributed by atoms with van der Waals surface area (Å²) in [4.78, 5) is 4.20. The number of nitrogens with zero attached hydrogens (tertiary/aromatic N) is 1. The first-order valence-corrected chi connectivity index (χ1v) is 4.31. The molecule has 0 spiro atoms. The molecule has 0 amide bonds. The van der Waals surface area contributed by atoms with Crippen LogP contribution in [0.25, 0.3) is 0 Å². The molecule has 0 saturated carbocycles. The predicted octanol–water partition coefficient (Wildman–Crippen LogP) is 1.80. The Hall–Kier alpha value is -1.09. The Kier molecular flexibility index (Phi) is 3.71. The molecule has 0 radical (unpaired) electrons. The molecule has 0 aliphatic carbocycles. The van der Waals surface area contributed by atoms with E-state index in [0.717, 1.165) is 5.69 Å². The average Bonchev–Trinajstić information content (AvgIpc) is 2.14. The van der Waals surface area contributed by atoms with Gasteiger partial charge in [-0.25, -0.2) is 4.98 Å². The fourth-order valence-corrected chi connectivity index (χ4v) is 0.869. The number of aromatic nitrogens is 1. The average molecular weight is 181 g/mol. The molecule has 3 nitrogen and oxygen atoms in total. The maximum absolute atomic E-state index is 5.40. The Bertz CT molecular complexity index is 263. The highest BCUT2D eigenvalue weighted by atomic mass is 16.5. The fourth-order valence-electron chi connectivity index (χ4n) is 0.869. The van der Waals surface area contributed by atoms with Gasteiger partial charge in [0.25, 0.3) is 0 Å². The predicted molar refractivity (Wildman–Crippen MR) is 50.9 cm³/mol. The number of hydrogen-bond donors (Lipinski definition) is 0. The van der Waals surface area contributed by atoms with Gasteiger partial charge < -0.3 is 9.47 Å². The summed E-state index contributed by atoms with van der Waals surface area (Å²) >= 11 is 0. The van der Waals surface area contributed by atoms with E-state index in [1.807, 2.05) is 32.0 Å². The van der Waals surface area contributed by atoms with Gasteiger partial charge in [-0.15, -0.1) is 0 Å². The van der Waals surface area contributed by atoms with Gasteiger partial charge in [0.1, 0.15) is 6.61 Å². The van der Waals surface area contributed by atoms with Crippen LogP contribution in [0.15, 0.2) is 18.2 Å². The quantitative estimate of drug-likeness (QED) is 0.709. The van der Waals surface area contributed by atoms with Crippen LogP contribution in [0.1, 0.15) is 12.6 Å². The molecule has 0 aliphatic heterocycles. The van der Waals surface area contributed by atoms with E-state index in [0.29, 0.717) is 12.5 Å². The third-order valence-electron chi connectivity index (χ3n) is 1.73. The molecule has 0 fully saturated rings. The second-order valence-corrected chi connectivity index (χ2v) is 2.97. The van der Waals surface area contributed by atoms with Gasteiger partial charge in [-0.3, -0.25) is 0 Å². The maximum atomic E-state index is 5.40. The first-order chi connectivity index (χ1) is 6.22. The van der Waals surface area contributed by atoms with Crippen LogP contribution in [-0.4, -0.2) is 24.8 Å². The SMILES string of the molecule is COC(C)COc1cccc(C)n1. The Morgan fingerprint density at radius 3 is 2.85 bits per heavy atom. The van der Waals surface area contributed by atoms with Gasteiger partial charge in [0.2, 0.25) is 5.88 Å². The van der Waals surface area contributed by atoms with Gasteiger partial charge in [0, 0.05) is 18.9 Å². The van der Waals surface area contributed by atoms with Crippen molar-refractivity contribution in [2.24, 2.45) is 0 Å². The smallest absolute Gasteiger partial charge is 0.213 e. The normalized spacial score (nSPS) is 12.5. The van der Waals surface area contributed by atoms with Crippen LogP contribution in [-0.2, 0) is 4.74 Å². The number of hydrogen-bond acceptors (Lipinski definition) is 3. The van der Waals surface area contributed by atoms with Crippen molar-refractivity contribution in [3.63, 3.8) is 0 Å². The summed E-state index contributed by atoms with van der Waals surface area (Å²) in [5, 5.41) is 0. The van der Waals surface area contributed by atoms with Gasteiger partial charge in [-0.05, 0) is 19.9 Å². The molecule has 1 rings (SSSR count). The summed E-state index contributed by atoms with van der Waals surface area (Å²) in [6, 6.07) is 5.71. The van der Waals surface area contributed by atoms with Gasteiger partial charge >= 0.3 is 0 Å². The van der Waals surface area contributed by atoms with Crippen LogP contribution in [0.3, 0.4) is 0 Å². The highest BCUT2D eigenvalue weighted by Crippen LogP contribution is 2.07. The van der Waals surface area contributed by atoms with E-state index in [1.165, 1.54) is 0 Å². The van der Waals surface area contributed by atoms with E-state index >= 15 is 0 Å². The number of rotatable bonds is 4. The zero-order valence-electron chi connectivity index (χ0n) is 8.28. The largest absolute Gasteiger partial charge is 0.475 e. The van der Waals surface area contributed by atoms with Gasteiger partial charge in [0.15, 0.2) is 0 Å². The van der Waals surface area contributed by atoms with Crippen LogP contribution in [0.5, 0.6) is 5.88 Å². The summed E-state index contributed by atoms with van der Waals surface area (Å²) in [6.45, 7) is 4.43. The second kappa shape index (κ2) is 4.82. The standard InChI is InChI=1S/C10H15NO2/c1-8-5-4-6-10(11-8)13-7-9(2)12-3/h4-6,9H,7H2,1-3H3. The Labute approximate surface area is 78.7 Å². The third-order valence-corrected chi connectivity index (χ3v) is 1.73. The van der Waals surface area contributed by atoms with Crippen molar-refractivity contribution in [2.75, 3.05) is 13.7 Å². The minimum atomic E-state index is 0.0994. The highest BCUT2D eigenvalue weighted by Gasteiger charge is 2.01. The first kappa shape index (κ1) is 9.99. The molecule has 0 saturated heterocycles. The molecule has 3 heteroatoms. The molecule has 1 unspecified atom stereocenters. The molecule has 0 N–H and O–H groups in total. The van der Waals surface area contributed by atoms with E-state index in [4.69, 9.17) is 9.47 Å². The van der Waals surface area contributed by atoms with Gasteiger partial charge in [0.05, 0.1) is 6.10 Å². The lowest BCUT2D eigenvalue weighted by molar-refractivity contribution is 0.0699. The molecule has 0 aliphatic rings. The van der Waals surface area contributed by atoms with Gasteiger partial charge in [-0.2, -0.15) is 0 Å². The molecule has 0 aromatic carbocycles. The second-order valence-electron chi connectivity index (χ2n) is 2.97. The van der Waals surface area contributed by atoms with Crippen LogP contribution in [0, 0.1) is 6.92 Å². The fraction of sp³-hybridized carbons (Fsp3) is 0.500. The minimum Gasteiger partial charge on any atom is -0.475 e. The van der Waals surface area contributed by atoms with Gasteiger partial charge in [-0.1, -0.05) is 6.07 Å². The Morgan fingerprint density at radius 1 is 1.46 bits per heavy atom. The van der Waals surface area contributed by atoms with Crippen molar-refractivity contribution in [1.82, 2.24) is 4.98 Å². The minimum absolute atomic E-state index is 0.0994. The van der Waals surface area contributed by atoms with Crippen molar-refractivity contribution in [2.45, 2.75) is 20.0 Å². The van der Waals surface area contributed by atoms with E-state index in [-0.39, 0.29) is 6.10 Å². The van der Waals surface area contributed by atoms with E-state index < -0.39 is 0 Å². The lowest BCUT2D eigenvalue weighted by atomic mass is 10.4. The molecule has 13 heavy (non-hydrogen) atoms. The Balaban J connectivity index is 2.45.